The quantitative estimate of drug-likeness (QED) is 0.295. The van der Waals surface area contributed by atoms with E-state index in [2.05, 4.69) is 77.6 Å². The molecule has 0 spiro atoms. The highest BCUT2D eigenvalue weighted by Gasteiger charge is 2.39. The third-order valence-corrected chi connectivity index (χ3v) is 10.9. The molecule has 1 aromatic carbocycles. The predicted molar refractivity (Wildman–Crippen MR) is 129 cm³/mol. The molecule has 0 aliphatic carbocycles. The fourth-order valence-electron chi connectivity index (χ4n) is 2.30. The molecule has 1 aromatic rings. The van der Waals surface area contributed by atoms with Gasteiger partial charge in [0.15, 0.2) is 5.75 Å². The van der Waals surface area contributed by atoms with Crippen LogP contribution in [-0.4, -0.2) is 29.8 Å². The first-order valence-corrected chi connectivity index (χ1v) is 14.6. The molecule has 0 radical (unpaired) electrons. The average Bonchev–Trinajstić information content (AvgIpc) is 2.50. The summed E-state index contributed by atoms with van der Waals surface area (Å²) in [6, 6.07) is 6.28. The smallest absolute Gasteiger partial charge is 0.250 e. The highest BCUT2D eigenvalue weighted by atomic mass is 32.2. The van der Waals surface area contributed by atoms with E-state index in [0.29, 0.717) is 0 Å². The van der Waals surface area contributed by atoms with Crippen LogP contribution >= 0.6 is 0 Å². The normalized spacial score (nSPS) is 14.6. The van der Waals surface area contributed by atoms with Gasteiger partial charge >= 0.3 is 0 Å². The number of rotatable bonds is 8. The van der Waals surface area contributed by atoms with Crippen molar-refractivity contribution in [2.75, 3.05) is 6.54 Å². The molecule has 6 heteroatoms. The standard InChI is InChI=1S/C23H43NO3SSi/c1-21(2,3)26-20-17-18(13-12-16-24-28(25)22(4,5)6)14-15-19(20)27-29(10,11)23(7,8)9/h14-15,17,24H,12-13,16H2,1-11H3/t28-/m1/s1. The Hall–Kier alpha value is -0.693. The first-order chi connectivity index (χ1) is 12.9. The lowest BCUT2D eigenvalue weighted by molar-refractivity contribution is 0.127. The Kier molecular flexibility index (Phi) is 8.74. The fourth-order valence-corrected chi connectivity index (χ4v) is 4.09. The van der Waals surface area contributed by atoms with E-state index in [1.807, 2.05) is 20.8 Å². The van der Waals surface area contributed by atoms with Gasteiger partial charge in [-0.15, -0.1) is 4.72 Å². The van der Waals surface area contributed by atoms with Gasteiger partial charge in [0.2, 0.25) is 0 Å². The number of benzene rings is 1. The van der Waals surface area contributed by atoms with E-state index in [1.54, 1.807) is 0 Å². The number of hydrogen-bond acceptors (Lipinski definition) is 4. The number of nitrogens with one attached hydrogen (secondary N) is 1. The van der Waals surface area contributed by atoms with Crippen LogP contribution < -0.4 is 13.9 Å². The predicted octanol–water partition coefficient (Wildman–Crippen LogP) is 6.23. The van der Waals surface area contributed by atoms with Gasteiger partial charge in [0.1, 0.15) is 16.1 Å². The van der Waals surface area contributed by atoms with Crippen molar-refractivity contribution in [1.29, 1.82) is 0 Å². The Morgan fingerprint density at radius 2 is 1.55 bits per heavy atom. The molecule has 168 valence electrons. The molecule has 1 rings (SSSR count). The zero-order chi connectivity index (χ0) is 22.7. The number of ether oxygens (including phenoxy) is 1. The van der Waals surface area contributed by atoms with Gasteiger partial charge in [0.25, 0.3) is 8.32 Å². The molecule has 4 nitrogen and oxygen atoms in total. The zero-order valence-corrected chi connectivity index (χ0v) is 22.3. The van der Waals surface area contributed by atoms with E-state index in [1.165, 1.54) is 5.56 Å². The molecule has 29 heavy (non-hydrogen) atoms. The first kappa shape index (κ1) is 26.3. The molecule has 1 atom stereocenters. The Bertz CT molecular complexity index is 658. The van der Waals surface area contributed by atoms with E-state index in [-0.39, 0.29) is 15.4 Å². The molecule has 0 saturated heterocycles. The summed E-state index contributed by atoms with van der Waals surface area (Å²) in [5.41, 5.74) is 0.908. The molecular weight excluding hydrogens is 398 g/mol. The minimum absolute atomic E-state index is 0.124. The average molecular weight is 442 g/mol. The molecule has 0 fully saturated rings. The largest absolute Gasteiger partial charge is 0.598 e. The summed E-state index contributed by atoms with van der Waals surface area (Å²) in [6.45, 7) is 24.1. The summed E-state index contributed by atoms with van der Waals surface area (Å²) in [4.78, 5) is 0. The Morgan fingerprint density at radius 1 is 0.966 bits per heavy atom. The third-order valence-electron chi connectivity index (χ3n) is 5.03. The van der Waals surface area contributed by atoms with E-state index in [0.717, 1.165) is 30.9 Å². The van der Waals surface area contributed by atoms with Crippen LogP contribution in [0.4, 0.5) is 0 Å². The van der Waals surface area contributed by atoms with Gasteiger partial charge in [-0.05, 0) is 90.2 Å². The molecular formula is C23H43NO3SSi. The molecule has 0 aliphatic rings. The summed E-state index contributed by atoms with van der Waals surface area (Å²) in [5, 5.41) is 0.124. The van der Waals surface area contributed by atoms with Crippen LogP contribution in [0.25, 0.3) is 0 Å². The molecule has 0 saturated carbocycles. The summed E-state index contributed by atoms with van der Waals surface area (Å²) in [6.07, 6.45) is 1.81. The van der Waals surface area contributed by atoms with E-state index >= 15 is 0 Å². The van der Waals surface area contributed by atoms with Crippen molar-refractivity contribution in [2.24, 2.45) is 0 Å². The van der Waals surface area contributed by atoms with Crippen LogP contribution in [0.5, 0.6) is 11.5 Å². The summed E-state index contributed by atoms with van der Waals surface area (Å²) < 4.78 is 27.8. The molecule has 0 unspecified atom stereocenters. The highest BCUT2D eigenvalue weighted by molar-refractivity contribution is 7.90. The maximum absolute atomic E-state index is 12.1. The van der Waals surface area contributed by atoms with Gasteiger partial charge in [-0.1, -0.05) is 26.8 Å². The van der Waals surface area contributed by atoms with Crippen molar-refractivity contribution >= 4 is 19.7 Å². The van der Waals surface area contributed by atoms with Gasteiger partial charge < -0.3 is 13.7 Å². The second-order valence-corrected chi connectivity index (χ2v) is 18.0. The second-order valence-electron chi connectivity index (χ2n) is 11.2. The Morgan fingerprint density at radius 3 is 2.03 bits per heavy atom. The molecule has 0 bridgehead atoms. The number of hydrogen-bond donors (Lipinski definition) is 1. The Labute approximate surface area is 183 Å². The van der Waals surface area contributed by atoms with Gasteiger partial charge in [-0.2, -0.15) is 0 Å². The minimum Gasteiger partial charge on any atom is -0.598 e. The van der Waals surface area contributed by atoms with Crippen molar-refractivity contribution in [3.63, 3.8) is 0 Å². The lowest BCUT2D eigenvalue weighted by Crippen LogP contribution is -2.44. The fraction of sp³-hybridized carbons (Fsp3) is 0.739. The molecule has 0 amide bonds. The van der Waals surface area contributed by atoms with Crippen LogP contribution in [0.3, 0.4) is 0 Å². The highest BCUT2D eigenvalue weighted by Crippen LogP contribution is 2.41. The summed E-state index contributed by atoms with van der Waals surface area (Å²) in [7, 11) is -1.96. The summed E-state index contributed by atoms with van der Waals surface area (Å²) in [5.74, 6) is 1.65. The van der Waals surface area contributed by atoms with E-state index in [9.17, 15) is 4.55 Å². The lowest BCUT2D eigenvalue weighted by atomic mass is 10.1. The lowest BCUT2D eigenvalue weighted by Gasteiger charge is -2.37. The molecule has 0 aliphatic heterocycles. The van der Waals surface area contributed by atoms with Crippen molar-refractivity contribution < 1.29 is 13.7 Å². The molecule has 0 heterocycles. The second kappa shape index (κ2) is 9.63. The van der Waals surface area contributed by atoms with Crippen molar-refractivity contribution in [1.82, 2.24) is 4.72 Å². The first-order valence-electron chi connectivity index (χ1n) is 10.6. The van der Waals surface area contributed by atoms with Crippen LogP contribution in [-0.2, 0) is 17.8 Å². The summed E-state index contributed by atoms with van der Waals surface area (Å²) >= 11 is -1.03. The van der Waals surface area contributed by atoms with E-state index in [4.69, 9.17) is 9.16 Å². The monoisotopic (exact) mass is 441 g/mol. The van der Waals surface area contributed by atoms with Crippen molar-refractivity contribution in [2.45, 2.75) is 104 Å². The topological polar surface area (TPSA) is 53.5 Å². The SMILES string of the molecule is CC(C)(C)Oc1cc(CCCN[S@+]([O-])C(C)(C)C)ccc1O[Si](C)(C)C(C)(C)C. The number of aryl methyl sites for hydroxylation is 1. The van der Waals surface area contributed by atoms with Crippen LogP contribution in [0.2, 0.25) is 18.1 Å². The van der Waals surface area contributed by atoms with Gasteiger partial charge in [0, 0.05) is 17.9 Å². The van der Waals surface area contributed by atoms with Gasteiger partial charge in [-0.3, -0.25) is 0 Å². The third kappa shape index (κ3) is 8.91. The maximum Gasteiger partial charge on any atom is 0.250 e. The van der Waals surface area contributed by atoms with Crippen molar-refractivity contribution in [3.05, 3.63) is 23.8 Å². The van der Waals surface area contributed by atoms with Crippen LogP contribution in [0.1, 0.15) is 74.3 Å². The van der Waals surface area contributed by atoms with Crippen molar-refractivity contribution in [3.8, 4) is 11.5 Å². The van der Waals surface area contributed by atoms with E-state index < -0.39 is 19.7 Å². The van der Waals surface area contributed by atoms with Gasteiger partial charge in [-0.25, -0.2) is 0 Å². The van der Waals surface area contributed by atoms with Gasteiger partial charge in [0.05, 0.1) is 0 Å². The van der Waals surface area contributed by atoms with Crippen LogP contribution in [0, 0.1) is 0 Å². The van der Waals surface area contributed by atoms with Crippen LogP contribution in [0.15, 0.2) is 18.2 Å². The molecule has 0 aromatic heterocycles. The maximum atomic E-state index is 12.1. The zero-order valence-electron chi connectivity index (χ0n) is 20.5. The Balaban J connectivity index is 2.91. The minimum atomic E-state index is -1.96. The molecule has 1 N–H and O–H groups in total.